The van der Waals surface area contributed by atoms with Crippen molar-refractivity contribution in [1.29, 1.82) is 0 Å². The number of rotatable bonds is 2. The summed E-state index contributed by atoms with van der Waals surface area (Å²) >= 11 is 0. The summed E-state index contributed by atoms with van der Waals surface area (Å²) in [5.74, 6) is 0.0401. The lowest BCUT2D eigenvalue weighted by Crippen LogP contribution is -2.35. The van der Waals surface area contributed by atoms with Crippen molar-refractivity contribution in [1.82, 2.24) is 24.7 Å². The van der Waals surface area contributed by atoms with E-state index < -0.39 is 0 Å². The number of fused-ring (bicyclic) bond motifs is 1. The molecule has 0 N–H and O–H groups in total. The van der Waals surface area contributed by atoms with Crippen LogP contribution in [-0.2, 0) is 0 Å². The third-order valence-corrected chi connectivity index (χ3v) is 4.84. The van der Waals surface area contributed by atoms with Crippen molar-refractivity contribution in [2.45, 2.75) is 20.3 Å². The van der Waals surface area contributed by atoms with Crippen molar-refractivity contribution in [2.75, 3.05) is 31.1 Å². The molecule has 3 aromatic rings. The molecule has 0 saturated carbocycles. The zero-order valence-corrected chi connectivity index (χ0v) is 15.1. The Balaban J connectivity index is 1.55. The minimum absolute atomic E-state index is 0.0401. The monoisotopic (exact) mass is 350 g/mol. The number of nitrogens with zero attached hydrogens (tertiary/aromatic N) is 6. The molecule has 0 atom stereocenters. The molecule has 0 spiro atoms. The van der Waals surface area contributed by atoms with E-state index in [-0.39, 0.29) is 5.91 Å². The van der Waals surface area contributed by atoms with Crippen molar-refractivity contribution >= 4 is 17.1 Å². The van der Waals surface area contributed by atoms with Gasteiger partial charge in [-0.05, 0) is 44.5 Å². The number of aryl methyl sites for hydroxylation is 2. The molecule has 1 fully saturated rings. The van der Waals surface area contributed by atoms with Crippen LogP contribution in [0.5, 0.6) is 0 Å². The lowest BCUT2D eigenvalue weighted by molar-refractivity contribution is 0.0768. The van der Waals surface area contributed by atoms with Gasteiger partial charge in [-0.3, -0.25) is 9.78 Å². The van der Waals surface area contributed by atoms with E-state index >= 15 is 0 Å². The summed E-state index contributed by atoms with van der Waals surface area (Å²) in [4.78, 5) is 21.7. The number of hydrogen-bond acceptors (Lipinski definition) is 5. The van der Waals surface area contributed by atoms with Crippen molar-refractivity contribution in [3.63, 3.8) is 0 Å². The molecule has 1 aliphatic rings. The maximum atomic E-state index is 13.2. The van der Waals surface area contributed by atoms with Gasteiger partial charge in [0.05, 0.1) is 11.3 Å². The van der Waals surface area contributed by atoms with Gasteiger partial charge in [-0.15, -0.1) is 0 Å². The van der Waals surface area contributed by atoms with E-state index in [9.17, 15) is 4.79 Å². The van der Waals surface area contributed by atoms with Crippen LogP contribution >= 0.6 is 0 Å². The summed E-state index contributed by atoms with van der Waals surface area (Å²) in [6.07, 6.45) is 4.45. The molecule has 0 aromatic carbocycles. The Morgan fingerprint density at radius 1 is 1.08 bits per heavy atom. The van der Waals surface area contributed by atoms with E-state index in [4.69, 9.17) is 0 Å². The number of carbonyl (C=O) groups is 1. The average Bonchev–Trinajstić information content (AvgIpc) is 2.81. The molecular weight excluding hydrogens is 328 g/mol. The van der Waals surface area contributed by atoms with Crippen LogP contribution in [0.3, 0.4) is 0 Å². The number of amides is 1. The predicted octanol–water partition coefficient (Wildman–Crippen LogP) is 2.09. The Hall–Kier alpha value is -2.96. The van der Waals surface area contributed by atoms with E-state index in [2.05, 4.69) is 26.1 Å². The topological polar surface area (TPSA) is 66.6 Å². The number of anilines is 1. The van der Waals surface area contributed by atoms with Gasteiger partial charge < -0.3 is 9.80 Å². The van der Waals surface area contributed by atoms with Crippen molar-refractivity contribution in [3.05, 3.63) is 53.6 Å². The summed E-state index contributed by atoms with van der Waals surface area (Å²) in [5.41, 5.74) is 4.32. The van der Waals surface area contributed by atoms with Gasteiger partial charge in [0, 0.05) is 50.0 Å². The Morgan fingerprint density at radius 3 is 2.81 bits per heavy atom. The summed E-state index contributed by atoms with van der Waals surface area (Å²) in [5, 5.41) is 8.55. The fourth-order valence-corrected chi connectivity index (χ4v) is 3.53. The normalized spacial score (nSPS) is 15.3. The highest BCUT2D eigenvalue weighted by atomic mass is 16.2. The molecule has 0 bridgehead atoms. The zero-order valence-electron chi connectivity index (χ0n) is 15.1. The number of hydrogen-bond donors (Lipinski definition) is 0. The third-order valence-electron chi connectivity index (χ3n) is 4.84. The van der Waals surface area contributed by atoms with Crippen LogP contribution in [0.15, 0.2) is 36.7 Å². The quantitative estimate of drug-likeness (QED) is 0.708. The van der Waals surface area contributed by atoms with Gasteiger partial charge in [-0.25, -0.2) is 0 Å². The molecule has 26 heavy (non-hydrogen) atoms. The molecule has 7 heteroatoms. The van der Waals surface area contributed by atoms with E-state index in [0.717, 1.165) is 43.0 Å². The Labute approximate surface area is 152 Å². The number of aromatic nitrogens is 4. The maximum Gasteiger partial charge on any atom is 0.258 e. The van der Waals surface area contributed by atoms with Crippen molar-refractivity contribution in [3.8, 4) is 0 Å². The standard InChI is InChI=1S/C19H22N6O/c1-14-13-16(6-8-20-14)23-9-4-10-24(12-11-23)19(26)18-15(2)22-25-17(18)5-3-7-21-25/h3,5-8,13H,4,9-12H2,1-2H3. The molecule has 4 rings (SSSR count). The summed E-state index contributed by atoms with van der Waals surface area (Å²) in [7, 11) is 0. The lowest BCUT2D eigenvalue weighted by Gasteiger charge is -2.24. The highest BCUT2D eigenvalue weighted by molar-refractivity contribution is 6.01. The van der Waals surface area contributed by atoms with E-state index in [0.29, 0.717) is 12.1 Å². The molecule has 4 heterocycles. The molecule has 1 amide bonds. The van der Waals surface area contributed by atoms with Gasteiger partial charge in [0.25, 0.3) is 5.91 Å². The Kier molecular flexibility index (Phi) is 4.28. The lowest BCUT2D eigenvalue weighted by atomic mass is 10.1. The van der Waals surface area contributed by atoms with E-state index in [1.54, 1.807) is 6.20 Å². The molecule has 1 aliphatic heterocycles. The van der Waals surface area contributed by atoms with Crippen LogP contribution in [0.2, 0.25) is 0 Å². The zero-order chi connectivity index (χ0) is 18.1. The van der Waals surface area contributed by atoms with Gasteiger partial charge in [-0.1, -0.05) is 0 Å². The van der Waals surface area contributed by atoms with Gasteiger partial charge in [0.2, 0.25) is 0 Å². The van der Waals surface area contributed by atoms with Crippen molar-refractivity contribution < 1.29 is 4.79 Å². The fraction of sp³-hybridized carbons (Fsp3) is 0.368. The molecule has 0 radical (unpaired) electrons. The Morgan fingerprint density at radius 2 is 1.96 bits per heavy atom. The smallest absolute Gasteiger partial charge is 0.258 e. The molecule has 0 aliphatic carbocycles. The first kappa shape index (κ1) is 16.5. The maximum absolute atomic E-state index is 13.2. The molecule has 1 saturated heterocycles. The first-order valence-corrected chi connectivity index (χ1v) is 8.91. The van der Waals surface area contributed by atoms with Crippen LogP contribution in [0.25, 0.3) is 5.52 Å². The SMILES string of the molecule is Cc1cc(N2CCCN(C(=O)c3c(C)nn4ncccc34)CC2)ccn1. The Bertz CT molecular complexity index is 950. The highest BCUT2D eigenvalue weighted by Gasteiger charge is 2.25. The minimum Gasteiger partial charge on any atom is -0.370 e. The van der Waals surface area contributed by atoms with Crippen LogP contribution in [0.4, 0.5) is 5.69 Å². The first-order chi connectivity index (χ1) is 12.6. The fourth-order valence-electron chi connectivity index (χ4n) is 3.53. The first-order valence-electron chi connectivity index (χ1n) is 8.91. The average molecular weight is 350 g/mol. The number of carbonyl (C=O) groups excluding carboxylic acids is 1. The second-order valence-electron chi connectivity index (χ2n) is 6.65. The second-order valence-corrected chi connectivity index (χ2v) is 6.65. The predicted molar refractivity (Wildman–Crippen MR) is 99.4 cm³/mol. The van der Waals surface area contributed by atoms with Gasteiger partial charge >= 0.3 is 0 Å². The van der Waals surface area contributed by atoms with Gasteiger partial charge in [0.1, 0.15) is 5.52 Å². The van der Waals surface area contributed by atoms with Crippen LogP contribution in [-0.4, -0.2) is 56.8 Å². The minimum atomic E-state index is 0.0401. The third kappa shape index (κ3) is 3.00. The summed E-state index contributed by atoms with van der Waals surface area (Å²) < 4.78 is 1.53. The molecular formula is C19H22N6O. The summed E-state index contributed by atoms with van der Waals surface area (Å²) in [6.45, 7) is 7.05. The number of pyridine rings is 1. The summed E-state index contributed by atoms with van der Waals surface area (Å²) in [6, 6.07) is 7.86. The van der Waals surface area contributed by atoms with Crippen LogP contribution < -0.4 is 4.90 Å². The van der Waals surface area contributed by atoms with Crippen molar-refractivity contribution in [2.24, 2.45) is 0 Å². The molecule has 3 aromatic heterocycles. The van der Waals surface area contributed by atoms with E-state index in [1.165, 1.54) is 10.3 Å². The molecule has 0 unspecified atom stereocenters. The van der Waals surface area contributed by atoms with Gasteiger partial charge in [0.15, 0.2) is 0 Å². The highest BCUT2D eigenvalue weighted by Crippen LogP contribution is 2.20. The van der Waals surface area contributed by atoms with Gasteiger partial charge in [-0.2, -0.15) is 14.8 Å². The largest absolute Gasteiger partial charge is 0.370 e. The van der Waals surface area contributed by atoms with E-state index in [1.807, 2.05) is 43.1 Å². The molecule has 7 nitrogen and oxygen atoms in total. The molecule has 134 valence electrons. The second kappa shape index (κ2) is 6.74. The van der Waals surface area contributed by atoms with Crippen LogP contribution in [0.1, 0.15) is 28.2 Å². The van der Waals surface area contributed by atoms with Crippen LogP contribution in [0, 0.1) is 13.8 Å².